The molecule has 0 saturated carbocycles. The van der Waals surface area contributed by atoms with Gasteiger partial charge >= 0.3 is 0 Å². The summed E-state index contributed by atoms with van der Waals surface area (Å²) in [5.74, 6) is 2.20. The first-order valence-electron chi connectivity index (χ1n) is 11.6. The Labute approximate surface area is 168 Å². The summed E-state index contributed by atoms with van der Waals surface area (Å²) in [7, 11) is 0. The first-order chi connectivity index (χ1) is 13.0. The highest BCUT2D eigenvalue weighted by Gasteiger charge is 2.37. The molecule has 3 aliphatic heterocycles. The number of fused-ring (bicyclic) bond motifs is 3. The van der Waals surface area contributed by atoms with Crippen LogP contribution in [0.5, 0.6) is 0 Å². The Morgan fingerprint density at radius 2 is 1.63 bits per heavy atom. The van der Waals surface area contributed by atoms with Gasteiger partial charge in [-0.05, 0) is 61.0 Å². The molecular formula is C25H43N2+. The van der Waals surface area contributed by atoms with Crippen molar-refractivity contribution in [3.8, 4) is 0 Å². The van der Waals surface area contributed by atoms with Gasteiger partial charge in [0.25, 0.3) is 0 Å². The number of aryl methyl sites for hydroxylation is 1. The van der Waals surface area contributed by atoms with Gasteiger partial charge in [-0.1, -0.05) is 52.0 Å². The fraction of sp³-hybridized carbons (Fsp3) is 0.760. The van der Waals surface area contributed by atoms with E-state index in [1.54, 1.807) is 11.1 Å². The van der Waals surface area contributed by atoms with Gasteiger partial charge in [-0.3, -0.25) is 4.90 Å². The van der Waals surface area contributed by atoms with Gasteiger partial charge in [0.05, 0.1) is 26.2 Å². The highest BCUT2D eigenvalue weighted by Crippen LogP contribution is 2.31. The summed E-state index contributed by atoms with van der Waals surface area (Å²) >= 11 is 0. The van der Waals surface area contributed by atoms with E-state index in [9.17, 15) is 0 Å². The minimum atomic E-state index is 0.707. The van der Waals surface area contributed by atoms with Crippen LogP contribution in [0.15, 0.2) is 24.3 Å². The lowest BCUT2D eigenvalue weighted by Gasteiger charge is -2.50. The second-order valence-corrected chi connectivity index (χ2v) is 10.1. The average Bonchev–Trinajstić information content (AvgIpc) is 2.67. The molecule has 1 aromatic rings. The molecule has 0 radical (unpaired) electrons. The summed E-state index contributed by atoms with van der Waals surface area (Å²) in [4.78, 5) is 2.65. The zero-order valence-corrected chi connectivity index (χ0v) is 18.4. The van der Waals surface area contributed by atoms with E-state index in [4.69, 9.17) is 0 Å². The third kappa shape index (κ3) is 5.81. The van der Waals surface area contributed by atoms with E-state index >= 15 is 0 Å². The molecule has 0 aliphatic carbocycles. The van der Waals surface area contributed by atoms with E-state index in [1.165, 1.54) is 82.4 Å². The molecular weight excluding hydrogens is 328 g/mol. The van der Waals surface area contributed by atoms with Gasteiger partial charge in [0.15, 0.2) is 0 Å². The summed E-state index contributed by atoms with van der Waals surface area (Å²) in [6, 6.07) is 9.52. The minimum absolute atomic E-state index is 0.707. The van der Waals surface area contributed by atoms with E-state index < -0.39 is 0 Å². The van der Waals surface area contributed by atoms with Crippen molar-refractivity contribution in [1.82, 2.24) is 4.90 Å². The van der Waals surface area contributed by atoms with Crippen LogP contribution in [0.25, 0.3) is 0 Å². The molecule has 1 atom stereocenters. The van der Waals surface area contributed by atoms with E-state index in [0.29, 0.717) is 5.92 Å². The van der Waals surface area contributed by atoms with Crippen LogP contribution in [0, 0.1) is 11.8 Å². The average molecular weight is 372 g/mol. The van der Waals surface area contributed by atoms with Gasteiger partial charge in [0, 0.05) is 19.6 Å². The Bertz CT molecular complexity index is 556. The summed E-state index contributed by atoms with van der Waals surface area (Å²) in [5, 5.41) is 0. The number of quaternary nitrogens is 1. The van der Waals surface area contributed by atoms with Gasteiger partial charge in [-0.15, -0.1) is 0 Å². The summed E-state index contributed by atoms with van der Waals surface area (Å²) < 4.78 is 1.43. The Balaban J connectivity index is 1.44. The van der Waals surface area contributed by atoms with Crippen molar-refractivity contribution in [3.63, 3.8) is 0 Å². The molecule has 0 N–H and O–H groups in total. The third-order valence-corrected chi connectivity index (χ3v) is 7.18. The van der Waals surface area contributed by atoms with Crippen LogP contribution < -0.4 is 0 Å². The maximum Gasteiger partial charge on any atom is 0.0916 e. The van der Waals surface area contributed by atoms with Crippen molar-refractivity contribution in [2.24, 2.45) is 11.8 Å². The second-order valence-electron chi connectivity index (χ2n) is 10.1. The van der Waals surface area contributed by atoms with Gasteiger partial charge in [0.1, 0.15) is 0 Å². The van der Waals surface area contributed by atoms with Crippen molar-refractivity contribution < 1.29 is 4.48 Å². The van der Waals surface area contributed by atoms with Crippen molar-refractivity contribution in [3.05, 3.63) is 35.4 Å². The van der Waals surface area contributed by atoms with Crippen molar-refractivity contribution >= 4 is 0 Å². The molecule has 3 heterocycles. The molecule has 0 aromatic heterocycles. The molecule has 3 aliphatic rings. The number of hydrogen-bond donors (Lipinski definition) is 0. The monoisotopic (exact) mass is 371 g/mol. The number of unbranched alkanes of at least 4 members (excludes halogenated alkanes) is 2. The van der Waals surface area contributed by atoms with E-state index in [2.05, 4.69) is 56.9 Å². The van der Waals surface area contributed by atoms with Crippen molar-refractivity contribution in [1.29, 1.82) is 0 Å². The zero-order valence-electron chi connectivity index (χ0n) is 18.4. The first kappa shape index (κ1) is 20.9. The standard InChI is InChI=1S/C25H43N2/c1-21(2)19-25(22(3)4)24-11-8-10-23(20-24)9-6-5-7-15-27-16-12-26(13-17-27)14-18-27/h8,10-11,20-22,25H,5-7,9,12-19H2,1-4H3/q+1. The molecule has 1 unspecified atom stereocenters. The number of rotatable bonds is 10. The molecule has 4 rings (SSSR count). The third-order valence-electron chi connectivity index (χ3n) is 7.18. The Kier molecular flexibility index (Phi) is 7.39. The molecule has 2 bridgehead atoms. The number of nitrogens with zero attached hydrogens (tertiary/aromatic N) is 2. The highest BCUT2D eigenvalue weighted by atomic mass is 15.4. The van der Waals surface area contributed by atoms with Gasteiger partial charge < -0.3 is 4.48 Å². The lowest BCUT2D eigenvalue weighted by molar-refractivity contribution is -0.941. The fourth-order valence-corrected chi connectivity index (χ4v) is 5.30. The molecule has 3 fully saturated rings. The van der Waals surface area contributed by atoms with Crippen LogP contribution in [0.2, 0.25) is 0 Å². The quantitative estimate of drug-likeness (QED) is 0.397. The van der Waals surface area contributed by atoms with Gasteiger partial charge in [-0.25, -0.2) is 0 Å². The lowest BCUT2D eigenvalue weighted by Crippen LogP contribution is -2.67. The Morgan fingerprint density at radius 1 is 0.926 bits per heavy atom. The molecule has 2 nitrogen and oxygen atoms in total. The summed E-state index contributed by atoms with van der Waals surface area (Å²) in [6.07, 6.45) is 6.73. The number of hydrogen-bond acceptors (Lipinski definition) is 1. The Hall–Kier alpha value is -0.860. The van der Waals surface area contributed by atoms with Crippen LogP contribution in [0.4, 0.5) is 0 Å². The van der Waals surface area contributed by atoms with Gasteiger partial charge in [-0.2, -0.15) is 0 Å². The number of piperazine rings is 3. The molecule has 3 saturated heterocycles. The topological polar surface area (TPSA) is 3.24 Å². The molecule has 2 heteroatoms. The minimum Gasteiger partial charge on any atom is -0.320 e. The summed E-state index contributed by atoms with van der Waals surface area (Å²) in [5.41, 5.74) is 3.13. The SMILES string of the molecule is CC(C)CC(c1cccc(CCCCC[N+]23CCN(CC2)CC3)c1)C(C)C. The normalized spacial score (nSPS) is 26.1. The van der Waals surface area contributed by atoms with Crippen molar-refractivity contribution in [2.45, 2.75) is 65.7 Å². The molecule has 0 spiro atoms. The van der Waals surface area contributed by atoms with Crippen LogP contribution in [-0.4, -0.2) is 55.2 Å². The first-order valence-corrected chi connectivity index (χ1v) is 11.6. The predicted molar refractivity (Wildman–Crippen MR) is 117 cm³/mol. The van der Waals surface area contributed by atoms with E-state index in [0.717, 1.165) is 11.8 Å². The van der Waals surface area contributed by atoms with Crippen LogP contribution in [-0.2, 0) is 6.42 Å². The van der Waals surface area contributed by atoms with E-state index in [1.807, 2.05) is 0 Å². The molecule has 152 valence electrons. The van der Waals surface area contributed by atoms with Crippen molar-refractivity contribution in [2.75, 3.05) is 45.8 Å². The molecule has 27 heavy (non-hydrogen) atoms. The smallest absolute Gasteiger partial charge is 0.0916 e. The zero-order chi connectivity index (χ0) is 19.3. The fourth-order valence-electron chi connectivity index (χ4n) is 5.30. The predicted octanol–water partition coefficient (Wildman–Crippen LogP) is 5.33. The maximum absolute atomic E-state index is 2.65. The lowest BCUT2D eigenvalue weighted by atomic mass is 9.81. The van der Waals surface area contributed by atoms with E-state index in [-0.39, 0.29) is 0 Å². The molecule has 1 aromatic carbocycles. The van der Waals surface area contributed by atoms with Crippen LogP contribution in [0.1, 0.15) is 70.4 Å². The van der Waals surface area contributed by atoms with Gasteiger partial charge in [0.2, 0.25) is 0 Å². The van der Waals surface area contributed by atoms with Crippen LogP contribution in [0.3, 0.4) is 0 Å². The molecule has 0 amide bonds. The summed E-state index contributed by atoms with van der Waals surface area (Å²) in [6.45, 7) is 19.2. The second kappa shape index (κ2) is 9.56. The van der Waals surface area contributed by atoms with Crippen LogP contribution >= 0.6 is 0 Å². The number of benzene rings is 1. The maximum atomic E-state index is 2.65. The highest BCUT2D eigenvalue weighted by molar-refractivity contribution is 5.27. The Morgan fingerprint density at radius 3 is 2.26 bits per heavy atom. The largest absolute Gasteiger partial charge is 0.320 e.